The van der Waals surface area contributed by atoms with Gasteiger partial charge >= 0.3 is 35.8 Å². The van der Waals surface area contributed by atoms with Crippen LogP contribution in [0, 0.1) is 21.7 Å². The Balaban J connectivity index is -0.000000784. The van der Waals surface area contributed by atoms with Crippen LogP contribution in [0.3, 0.4) is 0 Å². The molecule has 14 nitrogen and oxygen atoms in total. The number of cyclic esters (lactones) is 2. The van der Waals surface area contributed by atoms with Crippen LogP contribution in [0.4, 0.5) is 0 Å². The molecule has 2 saturated heterocycles. The number of esters is 6. The Bertz CT molecular complexity index is 1350. The van der Waals surface area contributed by atoms with Gasteiger partial charge in [-0.25, -0.2) is 9.59 Å². The summed E-state index contributed by atoms with van der Waals surface area (Å²) in [6, 6.07) is 0. The number of carbonyl (C=O) groups excluding carboxylic acids is 6. The van der Waals surface area contributed by atoms with E-state index in [1.165, 1.54) is 23.5 Å². The van der Waals surface area contributed by atoms with E-state index >= 15 is 0 Å². The van der Waals surface area contributed by atoms with E-state index in [4.69, 9.17) is 37.9 Å². The maximum atomic E-state index is 13.5. The van der Waals surface area contributed by atoms with Crippen molar-refractivity contribution in [1.82, 2.24) is 0 Å². The topological polar surface area (TPSA) is 176 Å². The van der Waals surface area contributed by atoms with Gasteiger partial charge in [-0.1, -0.05) is 59.4 Å². The summed E-state index contributed by atoms with van der Waals surface area (Å²) in [4.78, 5) is 76.9. The Labute approximate surface area is 394 Å². The first-order valence-corrected chi connectivity index (χ1v) is 21.0. The average molecular weight is 949 g/mol. The lowest BCUT2D eigenvalue weighted by molar-refractivity contribution is -0.174. The van der Waals surface area contributed by atoms with Gasteiger partial charge in [-0.05, 0) is 95.9 Å². The van der Waals surface area contributed by atoms with Crippen LogP contribution in [-0.4, -0.2) is 115 Å². The molecule has 4 atom stereocenters. The Morgan fingerprint density at radius 1 is 0.524 bits per heavy atom. The summed E-state index contributed by atoms with van der Waals surface area (Å²) in [5.74, 6) is -1.46. The molecule has 63 heavy (non-hydrogen) atoms. The minimum atomic E-state index is -1.12. The van der Waals surface area contributed by atoms with Gasteiger partial charge in [-0.3, -0.25) is 19.2 Å². The lowest BCUT2D eigenvalue weighted by Crippen LogP contribution is -2.43. The summed E-state index contributed by atoms with van der Waals surface area (Å²) in [6.07, 6.45) is -1.05. The van der Waals surface area contributed by atoms with Gasteiger partial charge in [-0.2, -0.15) is 23.5 Å². The first-order valence-electron chi connectivity index (χ1n) is 18.7. The van der Waals surface area contributed by atoms with Gasteiger partial charge < -0.3 is 37.9 Å². The van der Waals surface area contributed by atoms with Gasteiger partial charge in [0.05, 0.1) is 48.1 Å². The summed E-state index contributed by atoms with van der Waals surface area (Å²) < 4.78 is 43.6. The monoisotopic (exact) mass is 949 g/mol. The zero-order chi connectivity index (χ0) is 41.9. The third kappa shape index (κ3) is 25.6. The molecule has 0 aromatic carbocycles. The van der Waals surface area contributed by atoms with Gasteiger partial charge in [0, 0.05) is 35.9 Å². The van der Waals surface area contributed by atoms with E-state index < -0.39 is 80.9 Å². The highest BCUT2D eigenvalue weighted by molar-refractivity contribution is 7.99. The molecule has 0 radical (unpaired) electrons. The van der Waals surface area contributed by atoms with Crippen molar-refractivity contribution in [1.29, 1.82) is 0 Å². The molecule has 0 aliphatic carbocycles. The maximum absolute atomic E-state index is 13.5. The van der Waals surface area contributed by atoms with E-state index in [0.717, 1.165) is 0 Å². The maximum Gasteiger partial charge on any atom is 0.347 e. The van der Waals surface area contributed by atoms with Crippen molar-refractivity contribution in [3.8, 4) is 0 Å². The zero-order valence-electron chi connectivity index (χ0n) is 34.9. The first-order chi connectivity index (χ1) is 25.2. The Morgan fingerprint density at radius 3 is 1.21 bits per heavy atom. The number of ether oxygens (including phenoxy) is 8. The third-order valence-electron chi connectivity index (χ3n) is 8.58. The molecule has 0 aromatic rings. The molecule has 2 fully saturated rings. The van der Waals surface area contributed by atoms with Crippen LogP contribution in [0.5, 0.6) is 0 Å². The minimum absolute atomic E-state index is 0. The van der Waals surface area contributed by atoms with Crippen LogP contribution >= 0.6 is 23.5 Å². The van der Waals surface area contributed by atoms with Crippen LogP contribution in [0.2, 0.25) is 0 Å². The van der Waals surface area contributed by atoms with E-state index in [2.05, 4.69) is 0 Å². The largest absolute Gasteiger partial charge is 0.463 e. The molecular formula is C47H96O14S2. The molecule has 0 spiro atoms. The van der Waals surface area contributed by atoms with Gasteiger partial charge in [0.1, 0.15) is 18.0 Å². The van der Waals surface area contributed by atoms with Crippen LogP contribution in [0.1, 0.15) is 168 Å². The molecule has 380 valence electrons. The Kier molecular flexibility index (Phi) is 37.2. The molecule has 2 aliphatic rings. The fourth-order valence-corrected chi connectivity index (χ4v) is 8.11. The lowest BCUT2D eigenvalue weighted by atomic mass is 9.74. The van der Waals surface area contributed by atoms with Crippen molar-refractivity contribution in [2.24, 2.45) is 21.7 Å². The van der Waals surface area contributed by atoms with Crippen molar-refractivity contribution in [2.45, 2.75) is 192 Å². The summed E-state index contributed by atoms with van der Waals surface area (Å²) in [5, 5.41) is 0. The molecule has 4 unspecified atom stereocenters. The summed E-state index contributed by atoms with van der Waals surface area (Å²) in [6.45, 7) is 22.1. The van der Waals surface area contributed by atoms with E-state index in [1.807, 2.05) is 0 Å². The Hall–Kier alpha value is -2.56. The van der Waals surface area contributed by atoms with Crippen molar-refractivity contribution < 1.29 is 66.7 Å². The van der Waals surface area contributed by atoms with E-state index in [-0.39, 0.29) is 98.7 Å². The highest BCUT2D eigenvalue weighted by Crippen LogP contribution is 2.41. The minimum Gasteiger partial charge on any atom is -0.463 e. The van der Waals surface area contributed by atoms with E-state index in [9.17, 15) is 28.8 Å². The van der Waals surface area contributed by atoms with E-state index in [0.29, 0.717) is 42.6 Å². The highest BCUT2D eigenvalue weighted by atomic mass is 32.2. The SMILES string of the molecule is C.C.C.C.C.C.C.C.CC(C)(C)OC(=O)C(C)(C)CC(C)(CSCCOCOCCSCC(C)(CC(C)(C)C(=O)OC1CCOC1=O)C(=O)OC(C)(C)C)C(=O)OC1CCOC1=O. The third-order valence-corrected chi connectivity index (χ3v) is 11.2. The smallest absolute Gasteiger partial charge is 0.347 e. The summed E-state index contributed by atoms with van der Waals surface area (Å²) in [7, 11) is 0. The molecule has 0 saturated carbocycles. The van der Waals surface area contributed by atoms with Crippen molar-refractivity contribution in [3.05, 3.63) is 0 Å². The standard InChI is InChI=1S/C39H64O14S2.8CH4/c1-34(2,3)52-31(43)37(9,10)22-38(11,32(44)51-27-14-16-49-29(27)41)23-54-19-17-46-25-47-18-20-55-24-39(12,33(45)53-35(4,5)6)21-36(7,8)30(42)50-26-13-15-48-28(26)40;;;;;;;;/h26-27H,13-25H2,1-12H3;8*1H4. The van der Waals surface area contributed by atoms with Crippen LogP contribution < -0.4 is 0 Å². The quantitative estimate of drug-likeness (QED) is 0.0433. The predicted molar refractivity (Wildman–Crippen MR) is 261 cm³/mol. The van der Waals surface area contributed by atoms with Crippen LogP contribution in [0.15, 0.2) is 0 Å². The second-order valence-corrected chi connectivity index (χ2v) is 20.2. The van der Waals surface area contributed by atoms with Gasteiger partial charge in [0.2, 0.25) is 12.2 Å². The molecule has 16 heteroatoms. The fourth-order valence-electron chi connectivity index (χ4n) is 6.01. The number of hydrogen-bond donors (Lipinski definition) is 0. The second-order valence-electron chi connectivity index (χ2n) is 18.0. The first kappa shape index (κ1) is 74.8. The molecule has 0 amide bonds. The molecule has 0 aromatic heterocycles. The second kappa shape index (κ2) is 31.4. The molecule has 2 aliphatic heterocycles. The van der Waals surface area contributed by atoms with Crippen LogP contribution in [-0.2, 0) is 66.7 Å². The van der Waals surface area contributed by atoms with E-state index in [1.54, 1.807) is 83.1 Å². The van der Waals surface area contributed by atoms with Gasteiger partial charge in [0.25, 0.3) is 0 Å². The van der Waals surface area contributed by atoms with Crippen molar-refractivity contribution >= 4 is 59.3 Å². The molecule has 2 rings (SSSR count). The van der Waals surface area contributed by atoms with Gasteiger partial charge in [0.15, 0.2) is 0 Å². The molecule has 0 bridgehead atoms. The number of carbonyl (C=O) groups is 6. The predicted octanol–water partition coefficient (Wildman–Crippen LogP) is 10.8. The lowest BCUT2D eigenvalue weighted by Gasteiger charge is -2.36. The van der Waals surface area contributed by atoms with Crippen LogP contribution in [0.25, 0.3) is 0 Å². The summed E-state index contributed by atoms with van der Waals surface area (Å²) in [5.41, 5.74) is -5.70. The normalized spacial score (nSPS) is 17.6. The average Bonchev–Trinajstić information content (AvgIpc) is 3.63. The highest BCUT2D eigenvalue weighted by Gasteiger charge is 2.48. The zero-order valence-corrected chi connectivity index (χ0v) is 36.5. The summed E-state index contributed by atoms with van der Waals surface area (Å²) >= 11 is 2.94. The molecule has 2 heterocycles. The number of hydrogen-bond acceptors (Lipinski definition) is 16. The fraction of sp³-hybridized carbons (Fsp3) is 0.872. The Morgan fingerprint density at radius 2 is 0.857 bits per heavy atom. The molecular weight excluding hydrogens is 853 g/mol. The van der Waals surface area contributed by atoms with Crippen molar-refractivity contribution in [3.63, 3.8) is 0 Å². The van der Waals surface area contributed by atoms with Gasteiger partial charge in [-0.15, -0.1) is 0 Å². The number of thioether (sulfide) groups is 2. The molecule has 0 N–H and O–H groups in total. The number of rotatable bonds is 22. The van der Waals surface area contributed by atoms with Crippen molar-refractivity contribution in [2.75, 3.05) is 56.2 Å².